The van der Waals surface area contributed by atoms with Gasteiger partial charge in [0, 0.05) is 25.6 Å². The van der Waals surface area contributed by atoms with Gasteiger partial charge in [-0.2, -0.15) is 0 Å². The average Bonchev–Trinajstić information content (AvgIpc) is 3.28. The fourth-order valence-corrected chi connectivity index (χ4v) is 3.42. The number of nitrogens with one attached hydrogen (secondary N) is 1. The number of imidazole rings is 1. The number of fused-ring (bicyclic) bond motifs is 1. The van der Waals surface area contributed by atoms with Gasteiger partial charge in [-0.15, -0.1) is 0 Å². The summed E-state index contributed by atoms with van der Waals surface area (Å²) in [7, 11) is 0. The molecule has 10 nitrogen and oxygen atoms in total. The lowest BCUT2D eigenvalue weighted by Gasteiger charge is -2.11. The van der Waals surface area contributed by atoms with Gasteiger partial charge in [0.15, 0.2) is 23.5 Å². The number of hydrogen-bond acceptors (Lipinski definition) is 7. The maximum absolute atomic E-state index is 12.6. The third kappa shape index (κ3) is 5.31. The first-order chi connectivity index (χ1) is 14.8. The molecule has 0 saturated heterocycles. The number of rotatable bonds is 10. The van der Waals surface area contributed by atoms with Crippen LogP contribution in [0, 0.1) is 12.8 Å². The Morgan fingerprint density at radius 3 is 2.71 bits per heavy atom. The first-order valence-corrected chi connectivity index (χ1v) is 10.6. The highest BCUT2D eigenvalue weighted by atomic mass is 16.5. The quantitative estimate of drug-likeness (QED) is 0.488. The molecule has 0 amide bonds. The van der Waals surface area contributed by atoms with E-state index < -0.39 is 17.2 Å². The number of unbranched alkanes of at least 4 members (excludes halogenated alkanes) is 1. The third-order valence-electron chi connectivity index (χ3n) is 4.85. The summed E-state index contributed by atoms with van der Waals surface area (Å²) < 4.78 is 13.6. The van der Waals surface area contributed by atoms with Crippen LogP contribution in [0.5, 0.6) is 0 Å². The van der Waals surface area contributed by atoms with E-state index in [0.29, 0.717) is 41.5 Å². The van der Waals surface area contributed by atoms with Crippen molar-refractivity contribution in [3.63, 3.8) is 0 Å². The van der Waals surface area contributed by atoms with Gasteiger partial charge in [-0.1, -0.05) is 32.3 Å². The van der Waals surface area contributed by atoms with E-state index in [1.54, 1.807) is 13.0 Å². The van der Waals surface area contributed by atoms with E-state index in [-0.39, 0.29) is 25.4 Å². The minimum atomic E-state index is -0.464. The van der Waals surface area contributed by atoms with E-state index in [1.165, 1.54) is 4.57 Å². The van der Waals surface area contributed by atoms with E-state index in [0.717, 1.165) is 12.8 Å². The van der Waals surface area contributed by atoms with E-state index in [1.807, 2.05) is 25.3 Å². The van der Waals surface area contributed by atoms with Crippen molar-refractivity contribution < 1.29 is 14.1 Å². The Balaban J connectivity index is 1.85. The van der Waals surface area contributed by atoms with Crippen LogP contribution in [0.2, 0.25) is 0 Å². The fraction of sp³-hybridized carbons (Fsp3) is 0.571. The van der Waals surface area contributed by atoms with Crippen LogP contribution < -0.4 is 11.2 Å². The molecular formula is C21H29N5O5. The molecule has 3 heterocycles. The van der Waals surface area contributed by atoms with Crippen LogP contribution in [-0.2, 0) is 35.6 Å². The van der Waals surface area contributed by atoms with Crippen molar-refractivity contribution in [2.75, 3.05) is 0 Å². The summed E-state index contributed by atoms with van der Waals surface area (Å²) >= 11 is 0. The van der Waals surface area contributed by atoms with Crippen molar-refractivity contribution in [1.82, 2.24) is 24.3 Å². The van der Waals surface area contributed by atoms with Gasteiger partial charge in [-0.3, -0.25) is 19.1 Å². The van der Waals surface area contributed by atoms with Crippen LogP contribution in [0.15, 0.2) is 20.2 Å². The Kier molecular flexibility index (Phi) is 7.09. The van der Waals surface area contributed by atoms with Gasteiger partial charge in [0.1, 0.15) is 5.82 Å². The molecule has 0 saturated carbocycles. The molecule has 0 aliphatic heterocycles. The molecule has 0 atom stereocenters. The zero-order valence-electron chi connectivity index (χ0n) is 18.4. The van der Waals surface area contributed by atoms with E-state index >= 15 is 0 Å². The lowest BCUT2D eigenvalue weighted by Crippen LogP contribution is -2.31. The van der Waals surface area contributed by atoms with Crippen LogP contribution in [0.25, 0.3) is 11.2 Å². The van der Waals surface area contributed by atoms with Crippen molar-refractivity contribution in [2.24, 2.45) is 5.92 Å². The van der Waals surface area contributed by atoms with Gasteiger partial charge in [-0.05, 0) is 19.3 Å². The third-order valence-corrected chi connectivity index (χ3v) is 4.85. The highest BCUT2D eigenvalue weighted by Crippen LogP contribution is 2.16. The second kappa shape index (κ2) is 9.76. The molecule has 168 valence electrons. The molecule has 0 aliphatic rings. The zero-order valence-corrected chi connectivity index (χ0v) is 18.4. The maximum Gasteiger partial charge on any atom is 0.330 e. The van der Waals surface area contributed by atoms with E-state index in [9.17, 15) is 14.4 Å². The van der Waals surface area contributed by atoms with Crippen LogP contribution >= 0.6 is 0 Å². The summed E-state index contributed by atoms with van der Waals surface area (Å²) in [6.45, 7) is 8.92. The summed E-state index contributed by atoms with van der Waals surface area (Å²) in [5.74, 6) is 0.893. The molecule has 10 heteroatoms. The first kappa shape index (κ1) is 22.5. The molecule has 0 aliphatic carbocycles. The Morgan fingerprint density at radius 2 is 2.06 bits per heavy atom. The van der Waals surface area contributed by atoms with Crippen LogP contribution in [0.1, 0.15) is 57.3 Å². The van der Waals surface area contributed by atoms with Gasteiger partial charge >= 0.3 is 11.7 Å². The number of nitrogens with zero attached hydrogens (tertiary/aromatic N) is 4. The van der Waals surface area contributed by atoms with Crippen molar-refractivity contribution in [1.29, 1.82) is 0 Å². The number of hydrogen-bond donors (Lipinski definition) is 1. The van der Waals surface area contributed by atoms with Crippen LogP contribution in [0.4, 0.5) is 0 Å². The van der Waals surface area contributed by atoms with Crippen molar-refractivity contribution in [3.05, 3.63) is 44.2 Å². The summed E-state index contributed by atoms with van der Waals surface area (Å²) in [5, 5.41) is 3.76. The second-order valence-electron chi connectivity index (χ2n) is 8.06. The summed E-state index contributed by atoms with van der Waals surface area (Å²) in [5.41, 5.74) is 0.518. The van der Waals surface area contributed by atoms with Crippen LogP contribution in [0.3, 0.4) is 0 Å². The maximum atomic E-state index is 12.6. The minimum absolute atomic E-state index is 0.0122. The van der Waals surface area contributed by atoms with Crippen molar-refractivity contribution >= 4 is 17.1 Å². The molecule has 0 fully saturated rings. The highest BCUT2D eigenvalue weighted by Gasteiger charge is 2.20. The number of aryl methyl sites for hydroxylation is 3. The normalized spacial score (nSPS) is 11.5. The van der Waals surface area contributed by atoms with Crippen molar-refractivity contribution in [2.45, 2.75) is 73.1 Å². The number of esters is 1. The van der Waals surface area contributed by atoms with Gasteiger partial charge in [-0.25, -0.2) is 9.78 Å². The van der Waals surface area contributed by atoms with Gasteiger partial charge in [0.05, 0.1) is 12.1 Å². The number of carbonyl (C=O) groups is 1. The van der Waals surface area contributed by atoms with Gasteiger partial charge in [0.25, 0.3) is 5.56 Å². The zero-order chi connectivity index (χ0) is 22.5. The molecule has 3 rings (SSSR count). The Labute approximate surface area is 179 Å². The predicted octanol–water partition coefficient (Wildman–Crippen LogP) is 2.31. The lowest BCUT2D eigenvalue weighted by molar-refractivity contribution is -0.145. The number of aromatic amines is 1. The lowest BCUT2D eigenvalue weighted by atomic mass is 10.2. The number of carbonyl (C=O) groups excluding carboxylic acids is 1. The Hall–Kier alpha value is -3.17. The highest BCUT2D eigenvalue weighted by molar-refractivity contribution is 5.72. The second-order valence-corrected chi connectivity index (χ2v) is 8.06. The molecule has 0 spiro atoms. The molecule has 3 aromatic rings. The molecular weight excluding hydrogens is 402 g/mol. The molecule has 0 unspecified atom stereocenters. The summed E-state index contributed by atoms with van der Waals surface area (Å²) in [6.07, 6.45) is 2.08. The smallest absolute Gasteiger partial charge is 0.330 e. The largest absolute Gasteiger partial charge is 0.457 e. The monoisotopic (exact) mass is 431 g/mol. The van der Waals surface area contributed by atoms with Crippen LogP contribution in [-0.4, -0.2) is 30.2 Å². The van der Waals surface area contributed by atoms with Gasteiger partial charge in [0.2, 0.25) is 0 Å². The topological polar surface area (TPSA) is 125 Å². The Bertz CT molecular complexity index is 1170. The molecule has 0 aromatic carbocycles. The van der Waals surface area contributed by atoms with Crippen molar-refractivity contribution in [3.8, 4) is 0 Å². The molecule has 1 N–H and O–H groups in total. The summed E-state index contributed by atoms with van der Waals surface area (Å²) in [4.78, 5) is 44.2. The summed E-state index contributed by atoms with van der Waals surface area (Å²) in [6, 6.07) is 1.71. The molecule has 0 bridgehead atoms. The molecule has 31 heavy (non-hydrogen) atoms. The number of H-pyrrole nitrogens is 1. The minimum Gasteiger partial charge on any atom is -0.457 e. The van der Waals surface area contributed by atoms with E-state index in [2.05, 4.69) is 15.1 Å². The standard InChI is InChI=1S/C21H29N5O5/c1-5-6-9-25-19-18(20(28)23-21(25)29)26(11-13(2)3)16(22-19)7-8-17(27)30-12-15-10-14(4)24-31-15/h10,13H,5-9,11-12H2,1-4H3,(H,23,28,29). The molecule has 3 aromatic heterocycles. The number of aromatic nitrogens is 5. The number of ether oxygens (including phenoxy) is 1. The fourth-order valence-electron chi connectivity index (χ4n) is 3.42. The van der Waals surface area contributed by atoms with E-state index in [4.69, 9.17) is 9.26 Å². The Morgan fingerprint density at radius 1 is 1.29 bits per heavy atom. The van der Waals surface area contributed by atoms with Gasteiger partial charge < -0.3 is 13.8 Å². The average molecular weight is 431 g/mol. The first-order valence-electron chi connectivity index (χ1n) is 10.6. The SMILES string of the molecule is CCCCn1c(=O)[nH]c(=O)c2c1nc(CCC(=O)OCc1cc(C)no1)n2CC(C)C. The molecule has 0 radical (unpaired) electrons. The predicted molar refractivity (Wildman–Crippen MR) is 114 cm³/mol.